The highest BCUT2D eigenvalue weighted by Crippen LogP contribution is 2.17. The lowest BCUT2D eigenvalue weighted by molar-refractivity contribution is -0.131. The topological polar surface area (TPSA) is 43.4 Å². The van der Waals surface area contributed by atoms with E-state index in [1.165, 1.54) is 25.6 Å². The molecule has 1 aromatic rings. The van der Waals surface area contributed by atoms with E-state index in [0.29, 0.717) is 11.5 Å². The zero-order valence-corrected chi connectivity index (χ0v) is 9.47. The van der Waals surface area contributed by atoms with Gasteiger partial charge in [-0.3, -0.25) is 9.59 Å². The van der Waals surface area contributed by atoms with E-state index in [1.54, 1.807) is 12.1 Å². The van der Waals surface area contributed by atoms with Gasteiger partial charge in [-0.1, -0.05) is 23.9 Å². The quantitative estimate of drug-likeness (QED) is 0.584. The average Bonchev–Trinajstić information content (AvgIpc) is 2.16. The Morgan fingerprint density at radius 3 is 2.27 bits per heavy atom. The van der Waals surface area contributed by atoms with Crippen LogP contribution in [0.2, 0.25) is 0 Å². The zero-order valence-electron chi connectivity index (χ0n) is 8.65. The third kappa shape index (κ3) is 4.65. The lowest BCUT2D eigenvalue weighted by Gasteiger charge is -2.02. The minimum absolute atomic E-state index is 0.0964. The Kier molecular flexibility index (Phi) is 4.37. The van der Waals surface area contributed by atoms with E-state index in [1.807, 2.05) is 12.1 Å². The van der Waals surface area contributed by atoms with Gasteiger partial charge in [-0.15, -0.1) is 0 Å². The van der Waals surface area contributed by atoms with Crippen LogP contribution in [0.3, 0.4) is 0 Å². The average molecular weight is 224 g/mol. The molecule has 80 valence electrons. The first-order chi connectivity index (χ1) is 7.08. The smallest absolute Gasteiger partial charge is 0.308 e. The first-order valence-electron chi connectivity index (χ1n) is 4.48. The number of benzene rings is 1. The maximum atomic E-state index is 10.7. The molecule has 0 amide bonds. The van der Waals surface area contributed by atoms with Crippen molar-refractivity contribution in [1.82, 2.24) is 0 Å². The molecule has 0 fully saturated rings. The van der Waals surface area contributed by atoms with Crippen molar-refractivity contribution in [3.8, 4) is 5.75 Å². The summed E-state index contributed by atoms with van der Waals surface area (Å²) in [6, 6.07) is 7.12. The molecular formula is C11H12O3S. The van der Waals surface area contributed by atoms with Crippen molar-refractivity contribution in [3.63, 3.8) is 0 Å². The molecule has 0 saturated carbocycles. The van der Waals surface area contributed by atoms with E-state index < -0.39 is 0 Å². The van der Waals surface area contributed by atoms with Crippen LogP contribution >= 0.6 is 11.8 Å². The highest BCUT2D eigenvalue weighted by atomic mass is 32.2. The van der Waals surface area contributed by atoms with E-state index in [4.69, 9.17) is 4.74 Å². The van der Waals surface area contributed by atoms with Gasteiger partial charge in [0.25, 0.3) is 0 Å². The van der Waals surface area contributed by atoms with Gasteiger partial charge >= 0.3 is 5.97 Å². The van der Waals surface area contributed by atoms with Crippen molar-refractivity contribution < 1.29 is 14.3 Å². The van der Waals surface area contributed by atoms with E-state index in [2.05, 4.69) is 0 Å². The summed E-state index contributed by atoms with van der Waals surface area (Å²) in [5.41, 5.74) is 1.03. The Hall–Kier alpha value is -1.29. The molecule has 0 atom stereocenters. The Morgan fingerprint density at radius 2 is 1.80 bits per heavy atom. The largest absolute Gasteiger partial charge is 0.427 e. The van der Waals surface area contributed by atoms with Crippen molar-refractivity contribution >= 4 is 22.8 Å². The number of carbonyl (C=O) groups is 2. The molecule has 0 spiro atoms. The van der Waals surface area contributed by atoms with Gasteiger partial charge in [-0.05, 0) is 17.7 Å². The lowest BCUT2D eigenvalue weighted by atomic mass is 10.2. The molecule has 0 unspecified atom stereocenters. The zero-order chi connectivity index (χ0) is 11.3. The minimum atomic E-state index is -0.333. The predicted molar refractivity (Wildman–Crippen MR) is 59.7 cm³/mol. The maximum Gasteiger partial charge on any atom is 0.308 e. The third-order valence-corrected chi connectivity index (χ3v) is 2.51. The summed E-state index contributed by atoms with van der Waals surface area (Å²) in [6.45, 7) is 2.90. The van der Waals surface area contributed by atoms with Crippen LogP contribution in [-0.2, 0) is 15.3 Å². The molecule has 1 aromatic carbocycles. The second-order valence-corrected chi connectivity index (χ2v) is 4.17. The summed E-state index contributed by atoms with van der Waals surface area (Å²) in [5, 5.41) is 0.0964. The molecule has 0 aliphatic rings. The summed E-state index contributed by atoms with van der Waals surface area (Å²) in [4.78, 5) is 21.4. The lowest BCUT2D eigenvalue weighted by Crippen LogP contribution is -2.01. The Morgan fingerprint density at radius 1 is 1.20 bits per heavy atom. The number of hydrogen-bond acceptors (Lipinski definition) is 4. The summed E-state index contributed by atoms with van der Waals surface area (Å²) < 4.78 is 4.88. The monoisotopic (exact) mass is 224 g/mol. The number of ether oxygens (including phenoxy) is 1. The Labute approximate surface area is 92.8 Å². The van der Waals surface area contributed by atoms with E-state index >= 15 is 0 Å². The van der Waals surface area contributed by atoms with Crippen LogP contribution in [0.5, 0.6) is 5.75 Å². The van der Waals surface area contributed by atoms with Crippen molar-refractivity contribution in [2.24, 2.45) is 0 Å². The van der Waals surface area contributed by atoms with Crippen LogP contribution in [0.15, 0.2) is 24.3 Å². The second-order valence-electron chi connectivity index (χ2n) is 3.02. The van der Waals surface area contributed by atoms with E-state index in [-0.39, 0.29) is 11.1 Å². The number of carbonyl (C=O) groups excluding carboxylic acids is 2. The molecule has 0 heterocycles. The molecule has 0 N–H and O–H groups in total. The maximum absolute atomic E-state index is 10.7. The van der Waals surface area contributed by atoms with Gasteiger partial charge in [0.15, 0.2) is 5.12 Å². The van der Waals surface area contributed by atoms with Gasteiger partial charge in [0.1, 0.15) is 5.75 Å². The molecule has 0 bridgehead atoms. The van der Waals surface area contributed by atoms with Gasteiger partial charge in [0, 0.05) is 19.6 Å². The highest BCUT2D eigenvalue weighted by Gasteiger charge is 2.00. The summed E-state index contributed by atoms with van der Waals surface area (Å²) in [7, 11) is 0. The first kappa shape index (κ1) is 11.8. The molecule has 0 aliphatic carbocycles. The molecule has 3 nitrogen and oxygen atoms in total. The summed E-state index contributed by atoms with van der Waals surface area (Å²) in [5.74, 6) is 0.843. The highest BCUT2D eigenvalue weighted by molar-refractivity contribution is 8.12. The molecule has 4 heteroatoms. The van der Waals surface area contributed by atoms with Crippen LogP contribution in [0.1, 0.15) is 19.4 Å². The Balaban J connectivity index is 2.56. The fourth-order valence-corrected chi connectivity index (χ4v) is 1.57. The first-order valence-corrected chi connectivity index (χ1v) is 5.47. The molecule has 0 radical (unpaired) electrons. The van der Waals surface area contributed by atoms with Crippen LogP contribution < -0.4 is 4.74 Å². The molecular weight excluding hydrogens is 212 g/mol. The minimum Gasteiger partial charge on any atom is -0.427 e. The van der Waals surface area contributed by atoms with Crippen LogP contribution in [0.25, 0.3) is 0 Å². The Bertz CT molecular complexity index is 357. The van der Waals surface area contributed by atoms with Crippen molar-refractivity contribution in [2.45, 2.75) is 19.6 Å². The standard InChI is InChI=1S/C11H12O3S/c1-8(12)14-11-5-3-10(4-6-11)7-15-9(2)13/h3-6H,7H2,1-2H3. The van der Waals surface area contributed by atoms with E-state index in [0.717, 1.165) is 5.56 Å². The second kappa shape index (κ2) is 5.56. The molecule has 0 aromatic heterocycles. The third-order valence-electron chi connectivity index (χ3n) is 1.63. The number of rotatable bonds is 3. The van der Waals surface area contributed by atoms with Crippen LogP contribution in [0, 0.1) is 0 Å². The molecule has 0 saturated heterocycles. The number of esters is 1. The van der Waals surface area contributed by atoms with Gasteiger partial charge < -0.3 is 4.74 Å². The van der Waals surface area contributed by atoms with Gasteiger partial charge in [-0.2, -0.15) is 0 Å². The van der Waals surface area contributed by atoms with E-state index in [9.17, 15) is 9.59 Å². The van der Waals surface area contributed by atoms with Crippen LogP contribution in [-0.4, -0.2) is 11.1 Å². The van der Waals surface area contributed by atoms with Gasteiger partial charge in [-0.25, -0.2) is 0 Å². The fourth-order valence-electron chi connectivity index (χ4n) is 1.00. The van der Waals surface area contributed by atoms with Gasteiger partial charge in [0.2, 0.25) is 0 Å². The summed E-state index contributed by atoms with van der Waals surface area (Å²) >= 11 is 1.26. The van der Waals surface area contributed by atoms with Crippen molar-refractivity contribution in [3.05, 3.63) is 29.8 Å². The fraction of sp³-hybridized carbons (Fsp3) is 0.273. The molecule has 1 rings (SSSR count). The van der Waals surface area contributed by atoms with Gasteiger partial charge in [0.05, 0.1) is 0 Å². The molecule has 0 aliphatic heterocycles. The molecule has 15 heavy (non-hydrogen) atoms. The number of thioether (sulfide) groups is 1. The normalized spacial score (nSPS) is 9.73. The van der Waals surface area contributed by atoms with Crippen molar-refractivity contribution in [2.75, 3.05) is 0 Å². The van der Waals surface area contributed by atoms with Crippen LogP contribution in [0.4, 0.5) is 0 Å². The summed E-state index contributed by atoms with van der Waals surface area (Å²) in [6.07, 6.45) is 0. The SMILES string of the molecule is CC(=O)Oc1ccc(CSC(C)=O)cc1. The van der Waals surface area contributed by atoms with Crippen molar-refractivity contribution in [1.29, 1.82) is 0 Å². The number of hydrogen-bond donors (Lipinski definition) is 0. The predicted octanol–water partition coefficient (Wildman–Crippen LogP) is 2.39.